The largest absolute Gasteiger partial charge is 0.497 e. The molecule has 0 saturated heterocycles. The van der Waals surface area contributed by atoms with E-state index in [0.29, 0.717) is 12.5 Å². The second-order valence-corrected chi connectivity index (χ2v) is 5.54. The number of rotatable bonds is 5. The van der Waals surface area contributed by atoms with Gasteiger partial charge < -0.3 is 15.2 Å². The van der Waals surface area contributed by atoms with Crippen LogP contribution in [0.4, 0.5) is 5.69 Å². The lowest BCUT2D eigenvalue weighted by Gasteiger charge is -2.16. The van der Waals surface area contributed by atoms with E-state index in [1.54, 1.807) is 7.11 Å². The first-order chi connectivity index (χ1) is 10.0. The van der Waals surface area contributed by atoms with Gasteiger partial charge in [-0.25, -0.2) is 0 Å². The molecule has 0 amide bonds. The Morgan fingerprint density at radius 2 is 1.76 bits per heavy atom. The Kier molecular flexibility index (Phi) is 4.73. The molecule has 2 N–H and O–H groups in total. The average molecular weight is 285 g/mol. The van der Waals surface area contributed by atoms with Gasteiger partial charge in [0, 0.05) is 5.69 Å². The molecule has 0 aromatic heterocycles. The fourth-order valence-electron chi connectivity index (χ4n) is 2.17. The molecular formula is C18H23NO2. The molecule has 2 aromatic rings. The molecule has 0 heterocycles. The first-order valence-corrected chi connectivity index (χ1v) is 7.17. The Bertz CT molecular complexity index is 603. The standard InChI is InChI=1S/C18H23NO2/c1-12(2)16-10-17(19)13(3)9-18(16)21-11-14-5-7-15(20-4)8-6-14/h5-10,12H,11,19H2,1-4H3. The first-order valence-electron chi connectivity index (χ1n) is 7.17. The van der Waals surface area contributed by atoms with Crippen LogP contribution in [0.2, 0.25) is 0 Å². The minimum Gasteiger partial charge on any atom is -0.497 e. The molecule has 3 nitrogen and oxygen atoms in total. The molecule has 0 saturated carbocycles. The SMILES string of the molecule is COc1ccc(COc2cc(C)c(N)cc2C(C)C)cc1. The van der Waals surface area contributed by atoms with Crippen molar-refractivity contribution in [1.29, 1.82) is 0 Å². The number of hydrogen-bond acceptors (Lipinski definition) is 3. The molecule has 0 radical (unpaired) electrons. The Morgan fingerprint density at radius 3 is 2.33 bits per heavy atom. The molecule has 0 unspecified atom stereocenters. The van der Waals surface area contributed by atoms with Crippen LogP contribution in [-0.4, -0.2) is 7.11 Å². The van der Waals surface area contributed by atoms with Crippen LogP contribution in [0, 0.1) is 6.92 Å². The van der Waals surface area contributed by atoms with Crippen LogP contribution >= 0.6 is 0 Å². The van der Waals surface area contributed by atoms with Crippen LogP contribution in [0.1, 0.15) is 36.5 Å². The Morgan fingerprint density at radius 1 is 1.10 bits per heavy atom. The molecule has 0 spiro atoms. The van der Waals surface area contributed by atoms with E-state index < -0.39 is 0 Å². The average Bonchev–Trinajstić information content (AvgIpc) is 2.48. The molecular weight excluding hydrogens is 262 g/mol. The van der Waals surface area contributed by atoms with Gasteiger partial charge in [-0.05, 0) is 53.8 Å². The topological polar surface area (TPSA) is 44.5 Å². The van der Waals surface area contributed by atoms with Crippen molar-refractivity contribution >= 4 is 5.69 Å². The Hall–Kier alpha value is -2.16. The first kappa shape index (κ1) is 15.2. The van der Waals surface area contributed by atoms with Crippen molar-refractivity contribution in [3.8, 4) is 11.5 Å². The van der Waals surface area contributed by atoms with Gasteiger partial charge in [0.2, 0.25) is 0 Å². The zero-order chi connectivity index (χ0) is 15.4. The van der Waals surface area contributed by atoms with Crippen molar-refractivity contribution in [3.63, 3.8) is 0 Å². The zero-order valence-electron chi connectivity index (χ0n) is 13.1. The number of nitrogen functional groups attached to an aromatic ring is 1. The molecule has 2 aromatic carbocycles. The molecule has 112 valence electrons. The summed E-state index contributed by atoms with van der Waals surface area (Å²) in [6.45, 7) is 6.82. The fourth-order valence-corrected chi connectivity index (χ4v) is 2.17. The number of nitrogens with two attached hydrogens (primary N) is 1. The normalized spacial score (nSPS) is 10.7. The predicted octanol–water partition coefficient (Wildman–Crippen LogP) is 4.29. The third kappa shape index (κ3) is 3.69. The van der Waals surface area contributed by atoms with E-state index in [4.69, 9.17) is 15.2 Å². The summed E-state index contributed by atoms with van der Waals surface area (Å²) in [7, 11) is 1.66. The van der Waals surface area contributed by atoms with Crippen molar-refractivity contribution < 1.29 is 9.47 Å². The summed E-state index contributed by atoms with van der Waals surface area (Å²) >= 11 is 0. The lowest BCUT2D eigenvalue weighted by atomic mass is 9.99. The minimum atomic E-state index is 0.374. The maximum absolute atomic E-state index is 6.00. The van der Waals surface area contributed by atoms with E-state index in [9.17, 15) is 0 Å². The second kappa shape index (κ2) is 6.53. The van der Waals surface area contributed by atoms with Gasteiger partial charge in [0.25, 0.3) is 0 Å². The summed E-state index contributed by atoms with van der Waals surface area (Å²) in [6, 6.07) is 11.9. The van der Waals surface area contributed by atoms with Gasteiger partial charge >= 0.3 is 0 Å². The lowest BCUT2D eigenvalue weighted by molar-refractivity contribution is 0.301. The molecule has 0 bridgehead atoms. The number of benzene rings is 2. The summed E-state index contributed by atoms with van der Waals surface area (Å²) in [5.74, 6) is 2.14. The smallest absolute Gasteiger partial charge is 0.123 e. The van der Waals surface area contributed by atoms with Gasteiger partial charge in [0.1, 0.15) is 18.1 Å². The van der Waals surface area contributed by atoms with Crippen LogP contribution in [0.3, 0.4) is 0 Å². The second-order valence-electron chi connectivity index (χ2n) is 5.54. The molecule has 2 rings (SSSR count). The monoisotopic (exact) mass is 285 g/mol. The summed E-state index contributed by atoms with van der Waals surface area (Å²) in [6.07, 6.45) is 0. The maximum atomic E-state index is 6.00. The van der Waals surface area contributed by atoms with Gasteiger partial charge in [-0.2, -0.15) is 0 Å². The highest BCUT2D eigenvalue weighted by Gasteiger charge is 2.11. The number of ether oxygens (including phenoxy) is 2. The number of anilines is 1. The van der Waals surface area contributed by atoms with Crippen molar-refractivity contribution in [2.24, 2.45) is 0 Å². The molecule has 21 heavy (non-hydrogen) atoms. The van der Waals surface area contributed by atoms with Gasteiger partial charge in [-0.3, -0.25) is 0 Å². The molecule has 3 heteroatoms. The van der Waals surface area contributed by atoms with Crippen LogP contribution in [0.5, 0.6) is 11.5 Å². The lowest BCUT2D eigenvalue weighted by Crippen LogP contribution is -2.02. The van der Waals surface area contributed by atoms with E-state index in [1.807, 2.05) is 43.3 Å². The van der Waals surface area contributed by atoms with Crippen LogP contribution in [-0.2, 0) is 6.61 Å². The van der Waals surface area contributed by atoms with Gasteiger partial charge in [0.15, 0.2) is 0 Å². The van der Waals surface area contributed by atoms with Crippen molar-refractivity contribution in [1.82, 2.24) is 0 Å². The summed E-state index contributed by atoms with van der Waals surface area (Å²) in [5.41, 5.74) is 10.1. The van der Waals surface area contributed by atoms with Gasteiger partial charge in [0.05, 0.1) is 7.11 Å². The number of methoxy groups -OCH3 is 1. The maximum Gasteiger partial charge on any atom is 0.123 e. The number of hydrogen-bond donors (Lipinski definition) is 1. The highest BCUT2D eigenvalue weighted by molar-refractivity contribution is 5.55. The summed E-state index contributed by atoms with van der Waals surface area (Å²) in [4.78, 5) is 0. The Labute approximate surface area is 126 Å². The molecule has 0 aliphatic heterocycles. The van der Waals surface area contributed by atoms with Gasteiger partial charge in [-0.1, -0.05) is 26.0 Å². The third-order valence-electron chi connectivity index (χ3n) is 3.57. The fraction of sp³-hybridized carbons (Fsp3) is 0.333. The van der Waals surface area contributed by atoms with Crippen molar-refractivity contribution in [2.75, 3.05) is 12.8 Å². The van der Waals surface area contributed by atoms with Crippen LogP contribution in [0.25, 0.3) is 0 Å². The minimum absolute atomic E-state index is 0.374. The van der Waals surface area contributed by atoms with E-state index in [2.05, 4.69) is 13.8 Å². The summed E-state index contributed by atoms with van der Waals surface area (Å²) in [5, 5.41) is 0. The van der Waals surface area contributed by atoms with Crippen molar-refractivity contribution in [3.05, 3.63) is 53.1 Å². The van der Waals surface area contributed by atoms with Crippen molar-refractivity contribution in [2.45, 2.75) is 33.3 Å². The quantitative estimate of drug-likeness (QED) is 0.833. The van der Waals surface area contributed by atoms with E-state index >= 15 is 0 Å². The van der Waals surface area contributed by atoms with Crippen LogP contribution < -0.4 is 15.2 Å². The molecule has 0 atom stereocenters. The van der Waals surface area contributed by atoms with Crippen LogP contribution in [0.15, 0.2) is 36.4 Å². The van der Waals surface area contributed by atoms with E-state index in [0.717, 1.165) is 33.9 Å². The van der Waals surface area contributed by atoms with E-state index in [-0.39, 0.29) is 0 Å². The molecule has 0 aliphatic rings. The van der Waals surface area contributed by atoms with Gasteiger partial charge in [-0.15, -0.1) is 0 Å². The zero-order valence-corrected chi connectivity index (χ0v) is 13.1. The third-order valence-corrected chi connectivity index (χ3v) is 3.57. The molecule has 0 aliphatic carbocycles. The summed E-state index contributed by atoms with van der Waals surface area (Å²) < 4.78 is 11.2. The van der Waals surface area contributed by atoms with E-state index in [1.165, 1.54) is 0 Å². The highest BCUT2D eigenvalue weighted by atomic mass is 16.5. The predicted molar refractivity (Wildman–Crippen MR) is 87.0 cm³/mol. The highest BCUT2D eigenvalue weighted by Crippen LogP contribution is 2.31. The number of aryl methyl sites for hydroxylation is 1. The molecule has 0 fully saturated rings. The Balaban J connectivity index is 2.16.